The monoisotopic (exact) mass is 304 g/mol. The van der Waals surface area contributed by atoms with E-state index in [0.717, 1.165) is 5.56 Å². The lowest BCUT2D eigenvalue weighted by molar-refractivity contribution is -0.138. The first kappa shape index (κ1) is 15.3. The highest BCUT2D eigenvalue weighted by Gasteiger charge is 2.35. The summed E-state index contributed by atoms with van der Waals surface area (Å²) in [6.07, 6.45) is -0.287. The summed E-state index contributed by atoms with van der Waals surface area (Å²) in [7, 11) is 0. The maximum absolute atomic E-state index is 11.8. The molecule has 0 aromatic heterocycles. The number of rotatable bonds is 4. The average Bonchev–Trinajstić information content (AvgIpc) is 2.93. The Labute approximate surface area is 129 Å². The topological polar surface area (TPSA) is 51.9 Å². The van der Waals surface area contributed by atoms with Gasteiger partial charge in [-0.2, -0.15) is 12.6 Å². The second kappa shape index (κ2) is 7.04. The molecule has 2 unspecified atom stereocenters. The van der Waals surface area contributed by atoms with E-state index in [1.54, 1.807) is 6.92 Å². The minimum absolute atomic E-state index is 0.114. The molecular formula is C15H16N2O3S. The van der Waals surface area contributed by atoms with Crippen LogP contribution in [0.5, 0.6) is 0 Å². The molecule has 110 valence electrons. The Morgan fingerprint density at radius 3 is 2.76 bits per heavy atom. The van der Waals surface area contributed by atoms with Gasteiger partial charge in [-0.15, -0.1) is 0 Å². The quantitative estimate of drug-likeness (QED) is 0.388. The molecule has 0 saturated carbocycles. The Bertz CT molecular complexity index is 580. The van der Waals surface area contributed by atoms with Gasteiger partial charge in [-0.3, -0.25) is 4.79 Å². The fourth-order valence-corrected chi connectivity index (χ4v) is 2.37. The van der Waals surface area contributed by atoms with Gasteiger partial charge in [0, 0.05) is 5.75 Å². The zero-order valence-corrected chi connectivity index (χ0v) is 12.5. The van der Waals surface area contributed by atoms with Crippen molar-refractivity contribution in [3.05, 3.63) is 58.9 Å². The third kappa shape index (κ3) is 3.31. The number of carbonyl (C=O) groups is 1. The minimum atomic E-state index is -0.679. The van der Waals surface area contributed by atoms with Crippen molar-refractivity contribution in [1.29, 1.82) is 0 Å². The number of hydrogen-bond acceptors (Lipinski definition) is 5. The van der Waals surface area contributed by atoms with Crippen molar-refractivity contribution in [2.45, 2.75) is 19.1 Å². The molecule has 1 N–H and O–H groups in total. The highest BCUT2D eigenvalue weighted by Crippen LogP contribution is 2.32. The third-order valence-electron chi connectivity index (χ3n) is 3.05. The number of carbonyl (C=O) groups excluding carboxylic acids is 1. The molecule has 1 saturated heterocycles. The van der Waals surface area contributed by atoms with Gasteiger partial charge < -0.3 is 14.8 Å². The fourth-order valence-electron chi connectivity index (χ4n) is 2.08. The van der Waals surface area contributed by atoms with Gasteiger partial charge in [-0.25, -0.2) is 4.85 Å². The van der Waals surface area contributed by atoms with Crippen LogP contribution >= 0.6 is 12.6 Å². The summed E-state index contributed by atoms with van der Waals surface area (Å²) in [6, 6.07) is 9.51. The lowest BCUT2D eigenvalue weighted by Crippen LogP contribution is -2.27. The van der Waals surface area contributed by atoms with Crippen molar-refractivity contribution >= 4 is 18.6 Å². The van der Waals surface area contributed by atoms with Crippen molar-refractivity contribution in [3.8, 4) is 0 Å². The van der Waals surface area contributed by atoms with Crippen LogP contribution in [0.3, 0.4) is 0 Å². The number of nitrogens with zero attached hydrogens (tertiary/aromatic N) is 1. The van der Waals surface area contributed by atoms with Gasteiger partial charge in [-0.05, 0) is 12.5 Å². The Balaban J connectivity index is 2.29. The van der Waals surface area contributed by atoms with Crippen LogP contribution in [-0.2, 0) is 14.3 Å². The molecule has 6 heteroatoms. The molecule has 2 atom stereocenters. The molecule has 1 fully saturated rings. The molecule has 0 amide bonds. The summed E-state index contributed by atoms with van der Waals surface area (Å²) in [4.78, 5) is 15.0. The molecule has 1 aromatic rings. The van der Waals surface area contributed by atoms with Crippen LogP contribution in [0, 0.1) is 6.57 Å². The van der Waals surface area contributed by atoms with Crippen LogP contribution in [0.4, 0.5) is 0 Å². The Morgan fingerprint density at radius 1 is 1.48 bits per heavy atom. The lowest BCUT2D eigenvalue weighted by Gasteiger charge is -2.15. The predicted octanol–water partition coefficient (Wildman–Crippen LogP) is 2.30. The molecule has 1 aromatic carbocycles. The molecular weight excluding hydrogens is 288 g/mol. The van der Waals surface area contributed by atoms with E-state index in [9.17, 15) is 4.79 Å². The Morgan fingerprint density at radius 2 is 2.19 bits per heavy atom. The van der Waals surface area contributed by atoms with E-state index in [1.165, 1.54) is 0 Å². The van der Waals surface area contributed by atoms with Gasteiger partial charge in [0.15, 0.2) is 5.88 Å². The van der Waals surface area contributed by atoms with E-state index in [2.05, 4.69) is 22.8 Å². The van der Waals surface area contributed by atoms with Crippen molar-refractivity contribution in [2.24, 2.45) is 0 Å². The van der Waals surface area contributed by atoms with E-state index in [0.29, 0.717) is 5.75 Å². The van der Waals surface area contributed by atoms with Gasteiger partial charge in [0.1, 0.15) is 6.10 Å². The van der Waals surface area contributed by atoms with E-state index >= 15 is 0 Å². The van der Waals surface area contributed by atoms with Crippen LogP contribution in [-0.4, -0.2) is 24.4 Å². The minimum Gasteiger partial charge on any atom is -0.477 e. The van der Waals surface area contributed by atoms with E-state index in [4.69, 9.17) is 16.0 Å². The van der Waals surface area contributed by atoms with Crippen LogP contribution in [0.25, 0.3) is 4.85 Å². The number of thiol groups is 1. The Kier molecular flexibility index (Phi) is 5.12. The van der Waals surface area contributed by atoms with Gasteiger partial charge >= 0.3 is 11.7 Å². The predicted molar refractivity (Wildman–Crippen MR) is 81.3 cm³/mol. The van der Waals surface area contributed by atoms with Crippen LogP contribution in [0.1, 0.15) is 18.6 Å². The fraction of sp³-hybridized carbons (Fsp3) is 0.333. The second-order valence-corrected chi connectivity index (χ2v) is 4.76. The van der Waals surface area contributed by atoms with Gasteiger partial charge in [-0.1, -0.05) is 30.3 Å². The Hall–Kier alpha value is -2.13. The number of nitrogens with one attached hydrogen (secondary N) is 1. The zero-order chi connectivity index (χ0) is 15.2. The summed E-state index contributed by atoms with van der Waals surface area (Å²) in [5.41, 5.74) is 0.800. The summed E-state index contributed by atoms with van der Waals surface area (Å²) in [5.74, 6) is -0.00468. The van der Waals surface area contributed by atoms with Gasteiger partial charge in [0.2, 0.25) is 0 Å². The SMILES string of the molecule is [C-]#[N+]/C(C(=O)OCC)=C1\NC(CS)C(c2ccccc2)O1. The molecule has 0 radical (unpaired) electrons. The third-order valence-corrected chi connectivity index (χ3v) is 3.44. The summed E-state index contributed by atoms with van der Waals surface area (Å²) < 4.78 is 10.6. The normalized spacial score (nSPS) is 22.7. The maximum Gasteiger partial charge on any atom is 0.341 e. The van der Waals surface area contributed by atoms with Crippen molar-refractivity contribution in [2.75, 3.05) is 12.4 Å². The van der Waals surface area contributed by atoms with Crippen LogP contribution < -0.4 is 5.32 Å². The molecule has 5 nitrogen and oxygen atoms in total. The number of esters is 1. The zero-order valence-electron chi connectivity index (χ0n) is 11.6. The first-order chi connectivity index (χ1) is 10.2. The largest absolute Gasteiger partial charge is 0.477 e. The molecule has 0 bridgehead atoms. The molecule has 1 aliphatic rings. The standard InChI is InChI=1S/C15H16N2O3S/c1-3-19-15(18)12(16-2)14-17-11(9-21)13(20-14)10-7-5-4-6-8-10/h4-8,11,13,17,21H,3,9H2,1H3/b14-12+. The van der Waals surface area contributed by atoms with Crippen LogP contribution in [0.2, 0.25) is 0 Å². The summed E-state index contributed by atoms with van der Waals surface area (Å²) in [6.45, 7) is 9.06. The highest BCUT2D eigenvalue weighted by molar-refractivity contribution is 7.80. The summed E-state index contributed by atoms with van der Waals surface area (Å²) in [5, 5.41) is 3.05. The average molecular weight is 304 g/mol. The molecule has 21 heavy (non-hydrogen) atoms. The molecule has 1 heterocycles. The van der Waals surface area contributed by atoms with E-state index < -0.39 is 5.97 Å². The van der Waals surface area contributed by atoms with Crippen molar-refractivity contribution < 1.29 is 14.3 Å². The number of benzene rings is 1. The second-order valence-electron chi connectivity index (χ2n) is 4.39. The van der Waals surface area contributed by atoms with Gasteiger partial charge in [0.25, 0.3) is 0 Å². The van der Waals surface area contributed by atoms with E-state index in [-0.39, 0.29) is 30.3 Å². The van der Waals surface area contributed by atoms with Gasteiger partial charge in [0.05, 0.1) is 19.2 Å². The summed E-state index contributed by atoms with van der Waals surface area (Å²) >= 11 is 4.30. The number of hydrogen-bond donors (Lipinski definition) is 2. The van der Waals surface area contributed by atoms with E-state index in [1.807, 2.05) is 30.3 Å². The molecule has 0 aliphatic carbocycles. The first-order valence-corrected chi connectivity index (χ1v) is 7.22. The van der Waals surface area contributed by atoms with Crippen LogP contribution in [0.15, 0.2) is 41.9 Å². The van der Waals surface area contributed by atoms with Crippen molar-refractivity contribution in [3.63, 3.8) is 0 Å². The molecule has 0 spiro atoms. The molecule has 2 rings (SSSR count). The first-order valence-electron chi connectivity index (χ1n) is 6.59. The van der Waals surface area contributed by atoms with Crippen molar-refractivity contribution in [1.82, 2.24) is 5.32 Å². The lowest BCUT2D eigenvalue weighted by atomic mass is 10.0. The number of ether oxygens (including phenoxy) is 2. The smallest absolute Gasteiger partial charge is 0.341 e. The molecule has 1 aliphatic heterocycles. The highest BCUT2D eigenvalue weighted by atomic mass is 32.1. The maximum atomic E-state index is 11.8.